The minimum Gasteiger partial charge on any atom is -0.597 e. The van der Waals surface area contributed by atoms with Gasteiger partial charge in [0.15, 0.2) is 23.2 Å². The summed E-state index contributed by atoms with van der Waals surface area (Å²) in [5, 5.41) is 52.7. The first kappa shape index (κ1) is 24.4. The van der Waals surface area contributed by atoms with Crippen LogP contribution in [0.4, 0.5) is 5.82 Å². The van der Waals surface area contributed by atoms with Crippen LogP contribution in [0.2, 0.25) is 0 Å². The van der Waals surface area contributed by atoms with E-state index in [1.165, 1.54) is 0 Å². The van der Waals surface area contributed by atoms with E-state index in [9.17, 15) is 29.6 Å². The topological polar surface area (TPSA) is 285 Å². The van der Waals surface area contributed by atoms with Gasteiger partial charge in [0.05, 0.1) is 12.9 Å². The number of aliphatic carboxylic acids is 1. The highest BCUT2D eigenvalue weighted by Gasteiger charge is 2.45. The number of nitrogens with zero attached hydrogens (tertiary/aromatic N) is 4. The van der Waals surface area contributed by atoms with Crippen LogP contribution in [0.3, 0.4) is 0 Å². The number of nitrogens with two attached hydrogens (primary N) is 1. The molecule has 0 saturated carbocycles. The van der Waals surface area contributed by atoms with E-state index in [0.717, 1.165) is 10.9 Å². The Balaban J connectivity index is 2.16. The number of hydroxylamine groups is 1. The smallest absolute Gasteiger partial charge is 0.469 e. The number of nitrogen functional groups attached to an aromatic ring is 1. The number of amides is 1. The maximum atomic E-state index is 12.3. The number of carbonyl (C=O) groups is 2. The first-order chi connectivity index (χ1) is 14.4. The number of carboxylic acids is 1. The van der Waals surface area contributed by atoms with E-state index < -0.39 is 74.9 Å². The third-order valence-electron chi connectivity index (χ3n) is 4.11. The number of ether oxygens (including phenoxy) is 1. The number of hydrogen-bond donors (Lipinski definition) is 8. The van der Waals surface area contributed by atoms with Gasteiger partial charge in [0.1, 0.15) is 24.1 Å². The number of aromatic nitrogens is 2. The van der Waals surface area contributed by atoms with Gasteiger partial charge in [-0.2, -0.15) is 0 Å². The van der Waals surface area contributed by atoms with Crippen LogP contribution in [0.1, 0.15) is 16.7 Å². The van der Waals surface area contributed by atoms with Crippen LogP contribution in [0, 0.1) is 5.21 Å². The van der Waals surface area contributed by atoms with E-state index in [2.05, 4.69) is 14.8 Å². The molecule has 1 aromatic heterocycles. The van der Waals surface area contributed by atoms with Crippen molar-refractivity contribution < 1.29 is 58.6 Å². The molecule has 0 unspecified atom stereocenters. The number of rotatable bonds is 9. The molecule has 0 aliphatic carbocycles. The Labute approximate surface area is 171 Å². The third-order valence-corrected chi connectivity index (χ3v) is 4.59. The van der Waals surface area contributed by atoms with Crippen LogP contribution in [0.25, 0.3) is 0 Å². The lowest BCUT2D eigenvalue weighted by Crippen LogP contribution is -2.45. The number of hydrogen-bond acceptors (Lipinski definition) is 11. The Morgan fingerprint density at radius 1 is 1.45 bits per heavy atom. The minimum atomic E-state index is -4.87. The molecule has 18 nitrogen and oxygen atoms in total. The molecule has 1 aliphatic heterocycles. The van der Waals surface area contributed by atoms with Gasteiger partial charge >= 0.3 is 13.8 Å². The summed E-state index contributed by atoms with van der Waals surface area (Å²) >= 11 is 0. The first-order valence-electron chi connectivity index (χ1n) is 8.23. The number of anilines is 1. The minimum absolute atomic E-state index is 0.384. The van der Waals surface area contributed by atoms with Crippen LogP contribution in [-0.4, -0.2) is 94.1 Å². The summed E-state index contributed by atoms with van der Waals surface area (Å²) in [6.07, 6.45) is -5.18. The Bertz CT molecular complexity index is 901. The largest absolute Gasteiger partial charge is 0.597 e. The zero-order valence-corrected chi connectivity index (χ0v) is 16.2. The van der Waals surface area contributed by atoms with E-state index in [1.807, 2.05) is 5.32 Å². The van der Waals surface area contributed by atoms with E-state index in [1.54, 1.807) is 0 Å². The molecule has 1 saturated heterocycles. The van der Waals surface area contributed by atoms with Crippen LogP contribution in [0.5, 0.6) is 0 Å². The molecule has 19 heteroatoms. The van der Waals surface area contributed by atoms with Crippen molar-refractivity contribution in [2.75, 3.05) is 18.9 Å². The van der Waals surface area contributed by atoms with Crippen LogP contribution >= 0.6 is 7.82 Å². The Kier molecular flexibility index (Phi) is 7.49. The van der Waals surface area contributed by atoms with Gasteiger partial charge in [0, 0.05) is 0 Å². The number of nitrogens with one attached hydrogen (secondary N) is 1. The second kappa shape index (κ2) is 9.52. The summed E-state index contributed by atoms with van der Waals surface area (Å²) in [5.74, 6) is -3.19. The van der Waals surface area contributed by atoms with Crippen molar-refractivity contribution in [2.24, 2.45) is 5.28 Å². The van der Waals surface area contributed by atoms with Gasteiger partial charge in [-0.05, 0) is 0 Å². The van der Waals surface area contributed by atoms with Crippen molar-refractivity contribution in [1.29, 1.82) is 0 Å². The lowest BCUT2D eigenvalue weighted by Gasteiger charge is -2.18. The fourth-order valence-corrected chi connectivity index (χ4v) is 2.96. The summed E-state index contributed by atoms with van der Waals surface area (Å²) in [6, 6.07) is -1.80. The average molecular weight is 470 g/mol. The van der Waals surface area contributed by atoms with Crippen molar-refractivity contribution in [2.45, 2.75) is 30.6 Å². The fourth-order valence-electron chi connectivity index (χ4n) is 2.62. The molecule has 31 heavy (non-hydrogen) atoms. The lowest BCUT2D eigenvalue weighted by atomic mass is 10.1. The number of carbonyl (C=O) groups excluding carboxylic acids is 1. The molecular weight excluding hydrogens is 451 g/mol. The van der Waals surface area contributed by atoms with Crippen molar-refractivity contribution in [3.8, 4) is 0 Å². The van der Waals surface area contributed by atoms with Gasteiger partial charge < -0.3 is 51.3 Å². The number of phosphoric acid groups is 1. The quantitative estimate of drug-likeness (QED) is 0.0760. The Hall–Kier alpha value is -2.86. The molecule has 1 aliphatic rings. The third kappa shape index (κ3) is 5.85. The van der Waals surface area contributed by atoms with E-state index >= 15 is 0 Å². The first-order valence-corrected chi connectivity index (χ1v) is 9.76. The van der Waals surface area contributed by atoms with Gasteiger partial charge in [-0.25, -0.2) is 14.3 Å². The maximum absolute atomic E-state index is 12.3. The fraction of sp³-hybridized carbons (Fsp3) is 0.583. The standard InChI is InChI=1S/C12H19N6O12P/c13-9-6(10(21)15-4(12(22)23)1-18(25)16-24)14-3-17(9)11-8(20)7(19)5(30-11)2-29-31(26,27)28/h3-5,7-8,11,19-20,24H,1-2,13H2,(H,15,21)(H,22,23)(H2,26,27,28)/b18-16-/t4-,5+,7+,8+,11+/m0/s1. The number of imidazole rings is 1. The predicted octanol–water partition coefficient (Wildman–Crippen LogP) is -3.27. The molecule has 0 aromatic carbocycles. The zero-order valence-electron chi connectivity index (χ0n) is 15.3. The summed E-state index contributed by atoms with van der Waals surface area (Å²) in [4.78, 5) is 44.2. The molecular formula is C12H19N6O12P. The summed E-state index contributed by atoms with van der Waals surface area (Å²) in [7, 11) is -4.87. The highest BCUT2D eigenvalue weighted by atomic mass is 31.2. The van der Waals surface area contributed by atoms with Crippen LogP contribution in [0.15, 0.2) is 11.6 Å². The van der Waals surface area contributed by atoms with Gasteiger partial charge in [0.25, 0.3) is 5.91 Å². The molecule has 9 N–H and O–H groups in total. The Morgan fingerprint density at radius 2 is 2.10 bits per heavy atom. The summed E-state index contributed by atoms with van der Waals surface area (Å²) in [5.41, 5.74) is 5.27. The molecule has 5 atom stereocenters. The highest BCUT2D eigenvalue weighted by molar-refractivity contribution is 7.46. The second-order valence-corrected chi connectivity index (χ2v) is 7.45. The molecule has 0 spiro atoms. The van der Waals surface area contributed by atoms with Crippen molar-refractivity contribution in [1.82, 2.24) is 14.9 Å². The maximum Gasteiger partial charge on any atom is 0.469 e. The van der Waals surface area contributed by atoms with E-state index in [0.29, 0.717) is 0 Å². The lowest BCUT2D eigenvalue weighted by molar-refractivity contribution is -0.556. The van der Waals surface area contributed by atoms with E-state index in [-0.39, 0.29) is 4.86 Å². The molecule has 2 rings (SSSR count). The van der Waals surface area contributed by atoms with Crippen molar-refractivity contribution in [3.63, 3.8) is 0 Å². The number of aliphatic hydroxyl groups is 2. The predicted molar refractivity (Wildman–Crippen MR) is 92.2 cm³/mol. The van der Waals surface area contributed by atoms with Gasteiger partial charge in [-0.3, -0.25) is 13.9 Å². The monoisotopic (exact) mass is 470 g/mol. The van der Waals surface area contributed by atoms with Crippen LogP contribution in [-0.2, 0) is 18.6 Å². The summed E-state index contributed by atoms with van der Waals surface area (Å²) < 4.78 is 21.2. The zero-order chi connectivity index (χ0) is 23.5. The van der Waals surface area contributed by atoms with Gasteiger partial charge in [-0.15, -0.1) is 0 Å². The van der Waals surface area contributed by atoms with E-state index in [4.69, 9.17) is 30.6 Å². The second-order valence-electron chi connectivity index (χ2n) is 6.21. The molecule has 2 heterocycles. The Morgan fingerprint density at radius 3 is 2.65 bits per heavy atom. The molecule has 1 aromatic rings. The van der Waals surface area contributed by atoms with Gasteiger partial charge in [-0.1, -0.05) is 4.86 Å². The number of phosphoric ester groups is 1. The highest BCUT2D eigenvalue weighted by Crippen LogP contribution is 2.38. The van der Waals surface area contributed by atoms with Gasteiger partial charge in [0.2, 0.25) is 6.54 Å². The average Bonchev–Trinajstić information content (AvgIpc) is 3.19. The number of aliphatic hydroxyl groups excluding tert-OH is 2. The SMILES string of the molecule is Nc1c(C(=O)N[C@@H](C/[N+]([O-])=N/O)C(=O)O)ncn1[C@@H]1O[C@H](COP(=O)(O)O)[C@@H](O)[C@H]1O. The number of carboxylic acid groups (broad SMARTS) is 1. The molecule has 1 amide bonds. The molecule has 1 fully saturated rings. The van der Waals surface area contributed by atoms with Crippen LogP contribution < -0.4 is 11.1 Å². The normalized spacial score (nSPS) is 25.4. The molecule has 0 radical (unpaired) electrons. The molecule has 174 valence electrons. The van der Waals surface area contributed by atoms with Crippen molar-refractivity contribution in [3.05, 3.63) is 17.2 Å². The molecule has 0 bridgehead atoms. The van der Waals surface area contributed by atoms with Crippen molar-refractivity contribution >= 4 is 25.5 Å². The summed E-state index contributed by atoms with van der Waals surface area (Å²) in [6.45, 7) is -1.71.